The minimum atomic E-state index is -0.481. The van der Waals surface area contributed by atoms with Crippen LogP contribution in [0.25, 0.3) is 0 Å². The predicted molar refractivity (Wildman–Crippen MR) is 123 cm³/mol. The average Bonchev–Trinajstić information content (AvgIpc) is 3.34. The lowest BCUT2D eigenvalue weighted by Crippen LogP contribution is -2.57. The summed E-state index contributed by atoms with van der Waals surface area (Å²) >= 11 is 0. The number of hydrogen-bond donors (Lipinski definition) is 3. The van der Waals surface area contributed by atoms with Gasteiger partial charge in [-0.25, -0.2) is 4.98 Å². The number of benzene rings is 2. The summed E-state index contributed by atoms with van der Waals surface area (Å²) in [5.74, 6) is -0.0818. The van der Waals surface area contributed by atoms with Crippen LogP contribution in [0.15, 0.2) is 73.2 Å². The number of aromatic amines is 1. The Morgan fingerprint density at radius 3 is 2.41 bits per heavy atom. The zero-order chi connectivity index (χ0) is 22.2. The second-order valence-electron chi connectivity index (χ2n) is 8.06. The molecule has 1 aromatic heterocycles. The van der Waals surface area contributed by atoms with Gasteiger partial charge in [0.2, 0.25) is 11.8 Å². The van der Waals surface area contributed by atoms with Crippen LogP contribution in [0.4, 0.5) is 0 Å². The van der Waals surface area contributed by atoms with Crippen molar-refractivity contribution in [3.05, 3.63) is 90.0 Å². The molecule has 3 N–H and O–H groups in total. The summed E-state index contributed by atoms with van der Waals surface area (Å²) in [6.07, 6.45) is 4.19. The lowest BCUT2D eigenvalue weighted by atomic mass is 9.90. The summed E-state index contributed by atoms with van der Waals surface area (Å²) in [5, 5.41) is 5.86. The van der Waals surface area contributed by atoms with Gasteiger partial charge in [0.1, 0.15) is 0 Å². The van der Waals surface area contributed by atoms with Gasteiger partial charge in [0.15, 0.2) is 0 Å². The molecule has 166 valence electrons. The third-order valence-corrected chi connectivity index (χ3v) is 5.91. The molecule has 0 aliphatic carbocycles. The number of carbonyl (C=O) groups excluding carboxylic acids is 2. The van der Waals surface area contributed by atoms with E-state index in [4.69, 9.17) is 0 Å². The Kier molecular flexibility index (Phi) is 7.30. The Hall–Kier alpha value is -3.45. The van der Waals surface area contributed by atoms with Gasteiger partial charge in [-0.2, -0.15) is 0 Å². The van der Waals surface area contributed by atoms with Crippen molar-refractivity contribution in [3.63, 3.8) is 0 Å². The third-order valence-electron chi connectivity index (χ3n) is 5.91. The quantitative estimate of drug-likeness (QED) is 0.484. The Balaban J connectivity index is 1.44. The minimum absolute atomic E-state index is 0.0835. The molecule has 2 amide bonds. The lowest BCUT2D eigenvalue weighted by molar-refractivity contribution is -0.134. The van der Waals surface area contributed by atoms with Crippen LogP contribution < -0.4 is 10.6 Å². The van der Waals surface area contributed by atoms with Crippen molar-refractivity contribution >= 4 is 11.8 Å². The molecule has 0 radical (unpaired) electrons. The van der Waals surface area contributed by atoms with Gasteiger partial charge in [-0.3, -0.25) is 14.5 Å². The Morgan fingerprint density at radius 2 is 1.78 bits per heavy atom. The van der Waals surface area contributed by atoms with Crippen molar-refractivity contribution in [1.82, 2.24) is 25.5 Å². The van der Waals surface area contributed by atoms with Crippen molar-refractivity contribution in [2.24, 2.45) is 0 Å². The first-order valence-electron chi connectivity index (χ1n) is 11.1. The largest absolute Gasteiger partial charge is 0.356 e. The van der Waals surface area contributed by atoms with Gasteiger partial charge in [-0.1, -0.05) is 60.7 Å². The number of imidazole rings is 1. The number of nitrogens with zero attached hydrogens (tertiary/aromatic N) is 2. The van der Waals surface area contributed by atoms with Gasteiger partial charge in [0.05, 0.1) is 18.8 Å². The second-order valence-corrected chi connectivity index (χ2v) is 8.06. The molecule has 0 spiro atoms. The van der Waals surface area contributed by atoms with Gasteiger partial charge in [0.25, 0.3) is 0 Å². The number of hydrogen-bond acceptors (Lipinski definition) is 4. The van der Waals surface area contributed by atoms with E-state index in [1.54, 1.807) is 12.5 Å². The Bertz CT molecular complexity index is 952. The van der Waals surface area contributed by atoms with E-state index < -0.39 is 6.04 Å². The number of piperazine rings is 1. The first kappa shape index (κ1) is 21.8. The molecule has 1 fully saturated rings. The molecule has 1 aliphatic rings. The molecule has 32 heavy (non-hydrogen) atoms. The summed E-state index contributed by atoms with van der Waals surface area (Å²) in [4.78, 5) is 34.5. The lowest BCUT2D eigenvalue weighted by Gasteiger charge is -2.37. The van der Waals surface area contributed by atoms with Crippen molar-refractivity contribution in [1.29, 1.82) is 0 Å². The number of nitrogens with one attached hydrogen (secondary N) is 3. The first-order chi connectivity index (χ1) is 15.7. The number of carbonyl (C=O) groups is 2. The van der Waals surface area contributed by atoms with Crippen LogP contribution in [-0.2, 0) is 16.0 Å². The highest BCUT2D eigenvalue weighted by Crippen LogP contribution is 2.27. The molecule has 3 aromatic rings. The maximum Gasteiger partial charge on any atom is 0.237 e. The predicted octanol–water partition coefficient (Wildman–Crippen LogP) is 2.09. The SMILES string of the molecule is O=C(CC1C(=O)NCCN1CC(c1ccccc1)c1ccccc1)NCCc1cnc[nH]1. The van der Waals surface area contributed by atoms with Gasteiger partial charge in [-0.15, -0.1) is 0 Å². The summed E-state index contributed by atoms with van der Waals surface area (Å²) < 4.78 is 0. The fraction of sp³-hybridized carbons (Fsp3) is 0.320. The average molecular weight is 432 g/mol. The van der Waals surface area contributed by atoms with Crippen LogP contribution in [-0.4, -0.2) is 58.9 Å². The van der Waals surface area contributed by atoms with E-state index in [2.05, 4.69) is 49.8 Å². The molecule has 2 aromatic carbocycles. The van der Waals surface area contributed by atoms with Crippen LogP contribution >= 0.6 is 0 Å². The second kappa shape index (κ2) is 10.7. The first-order valence-corrected chi connectivity index (χ1v) is 11.1. The highest BCUT2D eigenvalue weighted by Gasteiger charge is 2.33. The molecular formula is C25H29N5O2. The van der Waals surface area contributed by atoms with Gasteiger partial charge < -0.3 is 15.6 Å². The van der Waals surface area contributed by atoms with E-state index in [9.17, 15) is 9.59 Å². The van der Waals surface area contributed by atoms with Crippen molar-refractivity contribution < 1.29 is 9.59 Å². The molecule has 1 unspecified atom stereocenters. The number of H-pyrrole nitrogens is 1. The van der Waals surface area contributed by atoms with Crippen molar-refractivity contribution in [2.45, 2.75) is 24.8 Å². The van der Waals surface area contributed by atoms with Crippen molar-refractivity contribution in [3.8, 4) is 0 Å². The highest BCUT2D eigenvalue weighted by atomic mass is 16.2. The summed E-state index contributed by atoms with van der Waals surface area (Å²) in [7, 11) is 0. The minimum Gasteiger partial charge on any atom is -0.356 e. The van der Waals surface area contributed by atoms with Crippen molar-refractivity contribution in [2.75, 3.05) is 26.2 Å². The van der Waals surface area contributed by atoms with E-state index in [-0.39, 0.29) is 24.2 Å². The molecule has 0 saturated carbocycles. The summed E-state index contributed by atoms with van der Waals surface area (Å²) in [5.41, 5.74) is 3.37. The highest BCUT2D eigenvalue weighted by molar-refractivity contribution is 5.88. The molecular weight excluding hydrogens is 402 g/mol. The van der Waals surface area contributed by atoms with Crippen LogP contribution in [0.1, 0.15) is 29.2 Å². The molecule has 1 aliphatic heterocycles. The molecule has 7 heteroatoms. The van der Waals surface area contributed by atoms with Gasteiger partial charge >= 0.3 is 0 Å². The molecule has 1 saturated heterocycles. The zero-order valence-electron chi connectivity index (χ0n) is 18.0. The molecule has 1 atom stereocenters. The summed E-state index contributed by atoms with van der Waals surface area (Å²) in [6, 6.07) is 20.2. The molecule has 7 nitrogen and oxygen atoms in total. The molecule has 2 heterocycles. The van der Waals surface area contributed by atoms with E-state index >= 15 is 0 Å². The third kappa shape index (κ3) is 5.62. The van der Waals surface area contributed by atoms with Crippen LogP contribution in [0.2, 0.25) is 0 Å². The van der Waals surface area contributed by atoms with Crippen LogP contribution in [0.5, 0.6) is 0 Å². The van der Waals surface area contributed by atoms with Crippen LogP contribution in [0, 0.1) is 0 Å². The van der Waals surface area contributed by atoms with E-state index in [1.165, 1.54) is 11.1 Å². The molecule has 4 rings (SSSR count). The van der Waals surface area contributed by atoms with E-state index in [1.807, 2.05) is 36.4 Å². The van der Waals surface area contributed by atoms with Gasteiger partial charge in [-0.05, 0) is 11.1 Å². The number of amides is 2. The Morgan fingerprint density at radius 1 is 1.09 bits per heavy atom. The fourth-order valence-corrected chi connectivity index (χ4v) is 4.22. The normalized spacial score (nSPS) is 16.7. The Labute approximate surface area is 188 Å². The topological polar surface area (TPSA) is 90.1 Å². The van der Waals surface area contributed by atoms with E-state index in [0.717, 1.165) is 5.69 Å². The summed E-state index contributed by atoms with van der Waals surface area (Å²) in [6.45, 7) is 2.49. The van der Waals surface area contributed by atoms with Gasteiger partial charge in [0, 0.05) is 50.4 Å². The zero-order valence-corrected chi connectivity index (χ0v) is 18.0. The molecule has 0 bridgehead atoms. The smallest absolute Gasteiger partial charge is 0.237 e. The number of aromatic nitrogens is 2. The monoisotopic (exact) mass is 431 g/mol. The fourth-order valence-electron chi connectivity index (χ4n) is 4.22. The number of rotatable bonds is 9. The maximum absolute atomic E-state index is 12.7. The van der Waals surface area contributed by atoms with Crippen LogP contribution in [0.3, 0.4) is 0 Å². The standard InChI is InChI=1S/C25H29N5O2/c31-24(27-12-11-21-16-26-18-29-21)15-23-25(32)28-13-14-30(23)17-22(19-7-3-1-4-8-19)20-9-5-2-6-10-20/h1-10,16,18,22-23H,11-15,17H2,(H,26,29)(H,27,31)(H,28,32). The van der Waals surface area contributed by atoms with E-state index in [0.29, 0.717) is 32.6 Å². The maximum atomic E-state index is 12.7.